The van der Waals surface area contributed by atoms with Gasteiger partial charge in [0.15, 0.2) is 0 Å². The Hall–Kier alpha value is -1.81. The highest BCUT2D eigenvalue weighted by Crippen LogP contribution is 2.20. The second-order valence-corrected chi connectivity index (χ2v) is 8.69. The molecule has 1 heterocycles. The lowest BCUT2D eigenvalue weighted by molar-refractivity contribution is 0.222. The lowest BCUT2D eigenvalue weighted by atomic mass is 10.3. The van der Waals surface area contributed by atoms with Gasteiger partial charge in [-0.05, 0) is 84.0 Å². The minimum Gasteiger partial charge on any atom is -0.325 e. The number of urea groups is 1. The van der Waals surface area contributed by atoms with Crippen molar-refractivity contribution in [2.45, 2.75) is 17.7 Å². The van der Waals surface area contributed by atoms with Gasteiger partial charge in [0, 0.05) is 28.0 Å². The van der Waals surface area contributed by atoms with Crippen LogP contribution in [0.25, 0.3) is 0 Å². The van der Waals surface area contributed by atoms with Gasteiger partial charge in [0.05, 0.1) is 4.90 Å². The van der Waals surface area contributed by atoms with Gasteiger partial charge in [0.1, 0.15) is 0 Å². The number of rotatable bonds is 4. The number of hydrogen-bond acceptors (Lipinski definition) is 3. The van der Waals surface area contributed by atoms with Crippen LogP contribution in [-0.2, 0) is 10.0 Å². The molecule has 3 rings (SSSR count). The summed E-state index contributed by atoms with van der Waals surface area (Å²) < 4.78 is 28.4. The van der Waals surface area contributed by atoms with Gasteiger partial charge in [0.25, 0.3) is 10.0 Å². The van der Waals surface area contributed by atoms with Gasteiger partial charge in [-0.2, -0.15) is 0 Å². The van der Waals surface area contributed by atoms with E-state index >= 15 is 0 Å². The van der Waals surface area contributed by atoms with Gasteiger partial charge in [-0.3, -0.25) is 4.72 Å². The minimum absolute atomic E-state index is 0.144. The summed E-state index contributed by atoms with van der Waals surface area (Å²) in [5.74, 6) is 0. The van der Waals surface area contributed by atoms with Crippen molar-refractivity contribution in [2.75, 3.05) is 23.1 Å². The fourth-order valence-electron chi connectivity index (χ4n) is 2.57. The van der Waals surface area contributed by atoms with E-state index in [-0.39, 0.29) is 10.9 Å². The number of hydrogen-bond donors (Lipinski definition) is 2. The highest BCUT2D eigenvalue weighted by Gasteiger charge is 2.18. The fourth-order valence-corrected chi connectivity index (χ4v) is 3.99. The zero-order valence-corrected chi connectivity index (χ0v) is 16.4. The standard InChI is InChI=1S/C17H18IN3O3S/c18-13-3-5-15(6-4-13)20-25(23,24)16-9-7-14(8-10-16)19-17(22)21-11-1-2-12-21/h3-10,20H,1-2,11-12H2,(H,19,22). The molecular formula is C17H18IN3O3S. The number of amides is 2. The van der Waals surface area contributed by atoms with Crippen LogP contribution in [0.2, 0.25) is 0 Å². The average Bonchev–Trinajstić information content (AvgIpc) is 3.12. The third-order valence-electron chi connectivity index (χ3n) is 3.91. The average molecular weight is 471 g/mol. The van der Waals surface area contributed by atoms with Gasteiger partial charge in [-0.15, -0.1) is 0 Å². The number of benzene rings is 2. The van der Waals surface area contributed by atoms with E-state index in [9.17, 15) is 13.2 Å². The number of carbonyl (C=O) groups excluding carboxylic acids is 1. The Balaban J connectivity index is 1.68. The molecule has 1 saturated heterocycles. The summed E-state index contributed by atoms with van der Waals surface area (Å²) in [5, 5.41) is 2.79. The van der Waals surface area contributed by atoms with E-state index in [1.165, 1.54) is 12.1 Å². The Kier molecular flexibility index (Phi) is 5.48. The van der Waals surface area contributed by atoms with E-state index in [1.54, 1.807) is 29.2 Å². The van der Waals surface area contributed by atoms with Crippen LogP contribution in [0.5, 0.6) is 0 Å². The first kappa shape index (κ1) is 18.0. The number of halogens is 1. The molecule has 8 heteroatoms. The molecule has 1 aliphatic rings. The van der Waals surface area contributed by atoms with Gasteiger partial charge in [0.2, 0.25) is 0 Å². The molecule has 0 atom stereocenters. The van der Waals surface area contributed by atoms with E-state index < -0.39 is 10.0 Å². The first-order valence-electron chi connectivity index (χ1n) is 7.88. The molecule has 1 aliphatic heterocycles. The van der Waals surface area contributed by atoms with Crippen LogP contribution in [0.3, 0.4) is 0 Å². The summed E-state index contributed by atoms with van der Waals surface area (Å²) in [6, 6.07) is 13.1. The lowest BCUT2D eigenvalue weighted by Crippen LogP contribution is -2.32. The molecule has 2 aromatic rings. The number of nitrogens with one attached hydrogen (secondary N) is 2. The van der Waals surface area contributed by atoms with Gasteiger partial charge in [-0.25, -0.2) is 13.2 Å². The molecule has 0 aliphatic carbocycles. The maximum Gasteiger partial charge on any atom is 0.321 e. The predicted octanol–water partition coefficient (Wildman–Crippen LogP) is 3.72. The Morgan fingerprint density at radius 2 is 1.48 bits per heavy atom. The molecule has 0 bridgehead atoms. The highest BCUT2D eigenvalue weighted by molar-refractivity contribution is 14.1. The third-order valence-corrected chi connectivity index (χ3v) is 6.02. The molecule has 2 amide bonds. The fraction of sp³-hybridized carbons (Fsp3) is 0.235. The molecule has 0 spiro atoms. The quantitative estimate of drug-likeness (QED) is 0.668. The van der Waals surface area contributed by atoms with E-state index in [0.29, 0.717) is 11.4 Å². The molecule has 25 heavy (non-hydrogen) atoms. The maximum atomic E-state index is 12.4. The number of likely N-dealkylation sites (tertiary alicyclic amines) is 1. The molecule has 0 saturated carbocycles. The normalized spacial score (nSPS) is 14.4. The van der Waals surface area contributed by atoms with Crippen LogP contribution >= 0.6 is 22.6 Å². The molecule has 0 radical (unpaired) electrons. The molecule has 2 N–H and O–H groups in total. The summed E-state index contributed by atoms with van der Waals surface area (Å²) in [6.07, 6.45) is 2.05. The van der Waals surface area contributed by atoms with Crippen LogP contribution in [0.1, 0.15) is 12.8 Å². The van der Waals surface area contributed by atoms with Crippen molar-refractivity contribution in [1.29, 1.82) is 0 Å². The van der Waals surface area contributed by atoms with Crippen molar-refractivity contribution in [3.63, 3.8) is 0 Å². The maximum absolute atomic E-state index is 12.4. The van der Waals surface area contributed by atoms with Crippen LogP contribution in [0.15, 0.2) is 53.4 Å². The highest BCUT2D eigenvalue weighted by atomic mass is 127. The van der Waals surface area contributed by atoms with Crippen LogP contribution < -0.4 is 10.0 Å². The zero-order valence-electron chi connectivity index (χ0n) is 13.4. The van der Waals surface area contributed by atoms with E-state index in [4.69, 9.17) is 0 Å². The first-order chi connectivity index (χ1) is 11.9. The second-order valence-electron chi connectivity index (χ2n) is 5.76. The molecular weight excluding hydrogens is 453 g/mol. The molecule has 1 fully saturated rings. The van der Waals surface area contributed by atoms with Crippen molar-refractivity contribution >= 4 is 50.0 Å². The summed E-state index contributed by atoms with van der Waals surface area (Å²) in [4.78, 5) is 13.9. The van der Waals surface area contributed by atoms with Crippen molar-refractivity contribution < 1.29 is 13.2 Å². The minimum atomic E-state index is -3.66. The largest absolute Gasteiger partial charge is 0.325 e. The molecule has 132 valence electrons. The Labute approximate surface area is 160 Å². The number of carbonyl (C=O) groups is 1. The van der Waals surface area contributed by atoms with Crippen LogP contribution in [0, 0.1) is 3.57 Å². The van der Waals surface area contributed by atoms with Crippen molar-refractivity contribution in [3.05, 3.63) is 52.1 Å². The first-order valence-corrected chi connectivity index (χ1v) is 10.4. The van der Waals surface area contributed by atoms with Crippen molar-refractivity contribution in [1.82, 2.24) is 4.90 Å². The summed E-state index contributed by atoms with van der Waals surface area (Å²) in [6.45, 7) is 1.52. The summed E-state index contributed by atoms with van der Waals surface area (Å²) in [7, 11) is -3.66. The van der Waals surface area contributed by atoms with Gasteiger partial charge < -0.3 is 10.2 Å². The molecule has 2 aromatic carbocycles. The van der Waals surface area contributed by atoms with Crippen LogP contribution in [-0.4, -0.2) is 32.4 Å². The Morgan fingerprint density at radius 3 is 2.08 bits per heavy atom. The predicted molar refractivity (Wildman–Crippen MR) is 106 cm³/mol. The monoisotopic (exact) mass is 471 g/mol. The topological polar surface area (TPSA) is 78.5 Å². The van der Waals surface area contributed by atoms with Crippen LogP contribution in [0.4, 0.5) is 16.2 Å². The van der Waals surface area contributed by atoms with E-state index in [1.807, 2.05) is 12.1 Å². The van der Waals surface area contributed by atoms with Crippen molar-refractivity contribution in [3.8, 4) is 0 Å². The van der Waals surface area contributed by atoms with E-state index in [0.717, 1.165) is 29.5 Å². The lowest BCUT2D eigenvalue weighted by Gasteiger charge is -2.16. The summed E-state index contributed by atoms with van der Waals surface area (Å²) >= 11 is 2.16. The molecule has 0 unspecified atom stereocenters. The zero-order chi connectivity index (χ0) is 17.9. The Bertz CT molecular complexity index is 846. The number of sulfonamides is 1. The molecule has 6 nitrogen and oxygen atoms in total. The number of nitrogens with zero attached hydrogens (tertiary/aromatic N) is 1. The van der Waals surface area contributed by atoms with E-state index in [2.05, 4.69) is 32.6 Å². The van der Waals surface area contributed by atoms with Gasteiger partial charge >= 0.3 is 6.03 Å². The number of anilines is 2. The smallest absolute Gasteiger partial charge is 0.321 e. The summed E-state index contributed by atoms with van der Waals surface area (Å²) in [5.41, 5.74) is 1.08. The van der Waals surface area contributed by atoms with Gasteiger partial charge in [-0.1, -0.05) is 0 Å². The van der Waals surface area contributed by atoms with Crippen molar-refractivity contribution in [2.24, 2.45) is 0 Å². The second kappa shape index (κ2) is 7.61. The third kappa shape index (κ3) is 4.63. The SMILES string of the molecule is O=C(Nc1ccc(S(=O)(=O)Nc2ccc(I)cc2)cc1)N1CCCC1. The Morgan fingerprint density at radius 1 is 0.920 bits per heavy atom. The molecule has 0 aromatic heterocycles.